The average Bonchev–Trinajstić information content (AvgIpc) is 3.33. The van der Waals surface area contributed by atoms with Crippen LogP contribution in [0.25, 0.3) is 17.0 Å². The van der Waals surface area contributed by atoms with Crippen molar-refractivity contribution >= 4 is 23.0 Å². The smallest absolute Gasteiger partial charge is 0.244 e. The second kappa shape index (κ2) is 8.39. The largest absolute Gasteiger partial charge is 0.457 e. The van der Waals surface area contributed by atoms with Gasteiger partial charge in [0.25, 0.3) is 0 Å². The minimum absolute atomic E-state index is 0.151. The zero-order chi connectivity index (χ0) is 19.2. The zero-order valence-electron chi connectivity index (χ0n) is 15.4. The quantitative estimate of drug-likeness (QED) is 0.499. The van der Waals surface area contributed by atoms with Crippen molar-refractivity contribution in [2.75, 3.05) is 6.54 Å². The van der Waals surface area contributed by atoms with Crippen LogP contribution in [0, 0.1) is 0 Å². The van der Waals surface area contributed by atoms with Crippen LogP contribution in [-0.4, -0.2) is 22.0 Å². The summed E-state index contributed by atoms with van der Waals surface area (Å²) in [6, 6.07) is 19.9. The van der Waals surface area contributed by atoms with Crippen LogP contribution in [0.4, 0.5) is 0 Å². The van der Waals surface area contributed by atoms with Crippen molar-refractivity contribution < 1.29 is 9.21 Å². The fourth-order valence-electron chi connectivity index (χ4n) is 3.09. The number of imidazole rings is 1. The van der Waals surface area contributed by atoms with Crippen LogP contribution in [0.1, 0.15) is 17.1 Å². The lowest BCUT2D eigenvalue weighted by atomic mass is 10.2. The third-order valence-corrected chi connectivity index (χ3v) is 4.49. The number of hydrogen-bond acceptors (Lipinski definition) is 3. The molecule has 0 unspecified atom stereocenters. The number of carbonyl (C=O) groups excluding carboxylic acids is 1. The summed E-state index contributed by atoms with van der Waals surface area (Å²) in [4.78, 5) is 16.5. The Morgan fingerprint density at radius 3 is 2.79 bits per heavy atom. The van der Waals surface area contributed by atoms with Crippen LogP contribution in [0.15, 0.2) is 83.6 Å². The van der Waals surface area contributed by atoms with Gasteiger partial charge in [0.15, 0.2) is 0 Å². The van der Waals surface area contributed by atoms with E-state index in [2.05, 4.69) is 27.0 Å². The highest BCUT2D eigenvalue weighted by atomic mass is 16.3. The number of hydrogen-bond donors (Lipinski definition) is 1. The Hall–Kier alpha value is -3.60. The van der Waals surface area contributed by atoms with Crippen molar-refractivity contribution in [2.24, 2.45) is 0 Å². The molecular formula is C23H21N3O2. The fourth-order valence-corrected chi connectivity index (χ4v) is 3.09. The van der Waals surface area contributed by atoms with Gasteiger partial charge in [-0.05, 0) is 23.8 Å². The first-order valence-electron chi connectivity index (χ1n) is 9.26. The van der Waals surface area contributed by atoms with Crippen LogP contribution in [-0.2, 0) is 17.8 Å². The third-order valence-electron chi connectivity index (χ3n) is 4.49. The number of fused-ring (bicyclic) bond motifs is 1. The first kappa shape index (κ1) is 17.8. The van der Waals surface area contributed by atoms with Crippen LogP contribution in [0.5, 0.6) is 0 Å². The molecule has 2 aromatic heterocycles. The standard InChI is InChI=1S/C23H21N3O2/c27-23(11-10-20-16-19-8-4-5-9-21(19)28-20)25-13-12-22-24-14-15-26(22)17-18-6-2-1-3-7-18/h1-11,14-16H,12-13,17H2,(H,25,27)/b11-10+. The van der Waals surface area contributed by atoms with Crippen LogP contribution in [0.2, 0.25) is 0 Å². The Bertz CT molecular complexity index is 1060. The fraction of sp³-hybridized carbons (Fsp3) is 0.130. The molecule has 0 aliphatic heterocycles. The van der Waals surface area contributed by atoms with Crippen molar-refractivity contribution in [2.45, 2.75) is 13.0 Å². The highest BCUT2D eigenvalue weighted by Gasteiger charge is 2.05. The van der Waals surface area contributed by atoms with Gasteiger partial charge in [-0.2, -0.15) is 0 Å². The predicted octanol–water partition coefficient (Wildman–Crippen LogP) is 4.05. The summed E-state index contributed by atoms with van der Waals surface area (Å²) in [5, 5.41) is 3.92. The molecule has 4 aromatic rings. The molecule has 2 heterocycles. The number of nitrogens with zero attached hydrogens (tertiary/aromatic N) is 2. The number of aromatic nitrogens is 2. The van der Waals surface area contributed by atoms with E-state index in [4.69, 9.17) is 4.42 Å². The minimum atomic E-state index is -0.151. The van der Waals surface area contributed by atoms with Crippen LogP contribution < -0.4 is 5.32 Å². The monoisotopic (exact) mass is 371 g/mol. The molecular weight excluding hydrogens is 350 g/mol. The summed E-state index contributed by atoms with van der Waals surface area (Å²) in [6.07, 6.45) is 7.61. The number of nitrogens with one attached hydrogen (secondary N) is 1. The highest BCUT2D eigenvalue weighted by molar-refractivity contribution is 5.92. The van der Waals surface area contributed by atoms with Gasteiger partial charge in [-0.15, -0.1) is 0 Å². The van der Waals surface area contributed by atoms with Crippen molar-refractivity contribution in [3.05, 3.63) is 96.3 Å². The Kier molecular flexibility index (Phi) is 5.33. The van der Waals surface area contributed by atoms with Crippen molar-refractivity contribution in [1.29, 1.82) is 0 Å². The summed E-state index contributed by atoms with van der Waals surface area (Å²) < 4.78 is 7.78. The molecule has 0 bridgehead atoms. The van der Waals surface area contributed by atoms with E-state index in [1.165, 1.54) is 11.6 Å². The van der Waals surface area contributed by atoms with E-state index in [9.17, 15) is 4.79 Å². The Balaban J connectivity index is 1.29. The molecule has 0 saturated carbocycles. The molecule has 5 heteroatoms. The second-order valence-corrected chi connectivity index (χ2v) is 6.52. The number of benzene rings is 2. The van der Waals surface area contributed by atoms with E-state index in [1.54, 1.807) is 12.3 Å². The number of para-hydroxylation sites is 1. The van der Waals surface area contributed by atoms with Gasteiger partial charge in [0.1, 0.15) is 17.2 Å². The Labute approximate surface area is 163 Å². The number of carbonyl (C=O) groups is 1. The predicted molar refractivity (Wildman–Crippen MR) is 110 cm³/mol. The lowest BCUT2D eigenvalue weighted by Gasteiger charge is -2.08. The number of amides is 1. The second-order valence-electron chi connectivity index (χ2n) is 6.52. The molecule has 5 nitrogen and oxygen atoms in total. The van der Waals surface area contributed by atoms with Gasteiger partial charge in [0.2, 0.25) is 5.91 Å². The van der Waals surface area contributed by atoms with Gasteiger partial charge in [0, 0.05) is 43.4 Å². The first-order chi connectivity index (χ1) is 13.8. The maximum absolute atomic E-state index is 12.1. The van der Waals surface area contributed by atoms with E-state index in [0.717, 1.165) is 23.3 Å². The third kappa shape index (κ3) is 4.38. The lowest BCUT2D eigenvalue weighted by Crippen LogP contribution is -2.24. The molecule has 0 spiro atoms. The van der Waals surface area contributed by atoms with Crippen LogP contribution >= 0.6 is 0 Å². The summed E-state index contributed by atoms with van der Waals surface area (Å²) >= 11 is 0. The minimum Gasteiger partial charge on any atom is -0.457 e. The van der Waals surface area contributed by atoms with Crippen molar-refractivity contribution in [3.63, 3.8) is 0 Å². The average molecular weight is 371 g/mol. The molecule has 0 aliphatic rings. The van der Waals surface area contributed by atoms with E-state index < -0.39 is 0 Å². The maximum Gasteiger partial charge on any atom is 0.244 e. The molecule has 0 fully saturated rings. The van der Waals surface area contributed by atoms with Gasteiger partial charge in [-0.3, -0.25) is 4.79 Å². The molecule has 0 saturated heterocycles. The lowest BCUT2D eigenvalue weighted by molar-refractivity contribution is -0.116. The summed E-state index contributed by atoms with van der Waals surface area (Å²) in [6.45, 7) is 1.30. The normalized spacial score (nSPS) is 11.3. The molecule has 0 radical (unpaired) electrons. The molecule has 4 rings (SSSR count). The first-order valence-corrected chi connectivity index (χ1v) is 9.26. The topological polar surface area (TPSA) is 60.1 Å². The molecule has 0 aliphatic carbocycles. The summed E-state index contributed by atoms with van der Waals surface area (Å²) in [5.41, 5.74) is 2.03. The molecule has 1 amide bonds. The zero-order valence-corrected chi connectivity index (χ0v) is 15.4. The van der Waals surface area contributed by atoms with Gasteiger partial charge < -0.3 is 14.3 Å². The van der Waals surface area contributed by atoms with Gasteiger partial charge in [-0.25, -0.2) is 4.98 Å². The summed E-state index contributed by atoms with van der Waals surface area (Å²) in [7, 11) is 0. The van der Waals surface area contributed by atoms with Gasteiger partial charge in [0.05, 0.1) is 0 Å². The van der Waals surface area contributed by atoms with E-state index in [-0.39, 0.29) is 5.91 Å². The maximum atomic E-state index is 12.1. The van der Waals surface area contributed by atoms with E-state index in [0.29, 0.717) is 18.7 Å². The number of rotatable bonds is 7. The Morgan fingerprint density at radius 1 is 1.11 bits per heavy atom. The van der Waals surface area contributed by atoms with Gasteiger partial charge in [-0.1, -0.05) is 48.5 Å². The number of furan rings is 1. The van der Waals surface area contributed by atoms with Gasteiger partial charge >= 0.3 is 0 Å². The Morgan fingerprint density at radius 2 is 1.93 bits per heavy atom. The molecule has 28 heavy (non-hydrogen) atoms. The SMILES string of the molecule is O=C(/C=C/c1cc2ccccc2o1)NCCc1nccn1Cc1ccccc1. The molecule has 2 aromatic carbocycles. The molecule has 140 valence electrons. The molecule has 0 atom stereocenters. The molecule has 1 N–H and O–H groups in total. The van der Waals surface area contributed by atoms with Crippen molar-refractivity contribution in [1.82, 2.24) is 14.9 Å². The van der Waals surface area contributed by atoms with Crippen molar-refractivity contribution in [3.8, 4) is 0 Å². The summed E-state index contributed by atoms with van der Waals surface area (Å²) in [5.74, 6) is 1.46. The van der Waals surface area contributed by atoms with Crippen LogP contribution in [0.3, 0.4) is 0 Å². The van der Waals surface area contributed by atoms with E-state index >= 15 is 0 Å². The highest BCUT2D eigenvalue weighted by Crippen LogP contribution is 2.19. The van der Waals surface area contributed by atoms with E-state index in [1.807, 2.05) is 54.7 Å².